The molecule has 262 valence electrons. The molecular formula is C51H42N2S. The topological polar surface area (TPSA) is 17.0 Å². The number of anilines is 2. The number of nitrogens with zero attached hydrogens (tertiary/aromatic N) is 1. The van der Waals surface area contributed by atoms with Gasteiger partial charge in [0.15, 0.2) is 0 Å². The largest absolute Gasteiger partial charge is 0.355 e. The molecule has 2 aromatic heterocycles. The zero-order valence-corrected chi connectivity index (χ0v) is 31.7. The van der Waals surface area contributed by atoms with E-state index in [0.29, 0.717) is 0 Å². The molecule has 0 aliphatic carbocycles. The maximum absolute atomic E-state index is 4.58. The molecule has 0 atom stereocenters. The van der Waals surface area contributed by atoms with Crippen LogP contribution >= 0.6 is 11.3 Å². The van der Waals surface area contributed by atoms with Gasteiger partial charge >= 0.3 is 0 Å². The Morgan fingerprint density at radius 2 is 1.30 bits per heavy atom. The van der Waals surface area contributed by atoms with Crippen LogP contribution in [0.3, 0.4) is 0 Å². The minimum absolute atomic E-state index is 0.939. The second-order valence-corrected chi connectivity index (χ2v) is 14.2. The van der Waals surface area contributed by atoms with E-state index in [1.54, 1.807) is 0 Å². The number of rotatable bonds is 8. The monoisotopic (exact) mass is 714 g/mol. The predicted molar refractivity (Wildman–Crippen MR) is 238 cm³/mol. The summed E-state index contributed by atoms with van der Waals surface area (Å²) in [6.45, 7) is 10.7. The summed E-state index contributed by atoms with van der Waals surface area (Å²) in [5.41, 5.74) is 12.2. The van der Waals surface area contributed by atoms with E-state index >= 15 is 0 Å². The maximum Gasteiger partial charge on any atom is 0.0541 e. The molecule has 7 aromatic carbocycles. The molecule has 2 nitrogen and oxygen atoms in total. The molecule has 0 radical (unpaired) electrons. The van der Waals surface area contributed by atoms with Gasteiger partial charge in [-0.3, -0.25) is 0 Å². The van der Waals surface area contributed by atoms with Gasteiger partial charge < -0.3 is 9.88 Å². The van der Waals surface area contributed by atoms with Crippen LogP contribution in [-0.4, -0.2) is 4.57 Å². The SMILES string of the molecule is C=C(/C=C(\C=C/C)c1ccc2c(c1)c1ccccc1n2-c1ccc2c(c1)sc1ccccc12)c1ccccc1Nc1cccc(-c2ccccc2)c1.CC. The molecule has 1 N–H and O–H groups in total. The van der Waals surface area contributed by atoms with Gasteiger partial charge in [0, 0.05) is 53.6 Å². The summed E-state index contributed by atoms with van der Waals surface area (Å²) < 4.78 is 5.03. The van der Waals surface area contributed by atoms with Crippen LogP contribution in [-0.2, 0) is 0 Å². The highest BCUT2D eigenvalue weighted by atomic mass is 32.1. The zero-order valence-electron chi connectivity index (χ0n) is 30.9. The molecule has 9 aromatic rings. The second-order valence-electron chi connectivity index (χ2n) is 13.1. The number of hydrogen-bond donors (Lipinski definition) is 1. The number of para-hydroxylation sites is 2. The van der Waals surface area contributed by atoms with Crippen molar-refractivity contribution in [1.82, 2.24) is 4.57 Å². The Balaban J connectivity index is 0.00000203. The Bertz CT molecular complexity index is 2850. The molecule has 54 heavy (non-hydrogen) atoms. The molecule has 0 bridgehead atoms. The fourth-order valence-electron chi connectivity index (χ4n) is 7.39. The molecule has 0 amide bonds. The number of fused-ring (bicyclic) bond motifs is 6. The number of aromatic nitrogens is 1. The van der Waals surface area contributed by atoms with Crippen molar-refractivity contribution in [1.29, 1.82) is 0 Å². The fraction of sp³-hybridized carbons (Fsp3) is 0.0588. The molecular weight excluding hydrogens is 673 g/mol. The van der Waals surface area contributed by atoms with E-state index in [1.165, 1.54) is 58.8 Å². The summed E-state index contributed by atoms with van der Waals surface area (Å²) in [7, 11) is 0. The van der Waals surface area contributed by atoms with E-state index in [-0.39, 0.29) is 0 Å². The number of hydrogen-bond acceptors (Lipinski definition) is 2. The molecule has 0 saturated heterocycles. The van der Waals surface area contributed by atoms with E-state index < -0.39 is 0 Å². The van der Waals surface area contributed by atoms with Crippen molar-refractivity contribution in [3.8, 4) is 16.8 Å². The molecule has 0 spiro atoms. The summed E-state index contributed by atoms with van der Waals surface area (Å²) in [6, 6.07) is 58.6. The van der Waals surface area contributed by atoms with Crippen molar-refractivity contribution in [2.45, 2.75) is 20.8 Å². The lowest BCUT2D eigenvalue weighted by atomic mass is 9.97. The highest BCUT2D eigenvalue weighted by Gasteiger charge is 2.15. The standard InChI is InChI=1S/C49H36N2S.C2H6/c1-3-14-35(29-33(2)40-19-7-10-22-45(40)50-38-18-13-17-36(30-38)34-15-5-4-6-16-34)37-25-28-47-44(31-37)41-20-8-11-23-46(41)51(47)39-26-27-43-42-21-9-12-24-48(42)52-49(43)32-39;1-2/h3-32,50H,2H2,1H3;1-2H3/b14-3-,35-29+;. The summed E-state index contributed by atoms with van der Waals surface area (Å²) >= 11 is 1.86. The number of thiophene rings is 1. The van der Waals surface area contributed by atoms with Gasteiger partial charge in [0.05, 0.1) is 11.0 Å². The first-order chi connectivity index (χ1) is 26.6. The van der Waals surface area contributed by atoms with Gasteiger partial charge in [-0.25, -0.2) is 0 Å². The van der Waals surface area contributed by atoms with Crippen LogP contribution in [0.1, 0.15) is 31.9 Å². The van der Waals surface area contributed by atoms with Gasteiger partial charge in [-0.1, -0.05) is 142 Å². The number of allylic oxidation sites excluding steroid dienone is 5. The van der Waals surface area contributed by atoms with Crippen molar-refractivity contribution >= 4 is 75.8 Å². The third-order valence-corrected chi connectivity index (χ3v) is 11.0. The minimum Gasteiger partial charge on any atom is -0.355 e. The van der Waals surface area contributed by atoms with Crippen LogP contribution in [0, 0.1) is 0 Å². The van der Waals surface area contributed by atoms with E-state index in [9.17, 15) is 0 Å². The van der Waals surface area contributed by atoms with Gasteiger partial charge in [0.2, 0.25) is 0 Å². The average Bonchev–Trinajstić information content (AvgIpc) is 3.77. The van der Waals surface area contributed by atoms with Gasteiger partial charge in [-0.05, 0) is 95.4 Å². The van der Waals surface area contributed by atoms with Gasteiger partial charge in [-0.15, -0.1) is 11.3 Å². The van der Waals surface area contributed by atoms with Crippen molar-refractivity contribution < 1.29 is 0 Å². The molecule has 2 heterocycles. The first-order valence-electron chi connectivity index (χ1n) is 18.6. The zero-order chi connectivity index (χ0) is 37.0. The van der Waals surface area contributed by atoms with E-state index in [1.807, 2.05) is 31.3 Å². The third-order valence-electron chi connectivity index (χ3n) is 9.82. The molecule has 3 heteroatoms. The Hall–Kier alpha value is -6.42. The summed E-state index contributed by atoms with van der Waals surface area (Å²) in [4.78, 5) is 0. The molecule has 0 fully saturated rings. The van der Waals surface area contributed by atoms with Crippen molar-refractivity contribution in [2.75, 3.05) is 5.32 Å². The quantitative estimate of drug-likeness (QED) is 0.155. The lowest BCUT2D eigenvalue weighted by Gasteiger charge is -2.14. The highest BCUT2D eigenvalue weighted by Crippen LogP contribution is 2.39. The first-order valence-corrected chi connectivity index (χ1v) is 19.5. The smallest absolute Gasteiger partial charge is 0.0541 e. The molecule has 9 rings (SSSR count). The Morgan fingerprint density at radius 3 is 2.15 bits per heavy atom. The van der Waals surface area contributed by atoms with Crippen LogP contribution in [0.15, 0.2) is 189 Å². The van der Waals surface area contributed by atoms with Gasteiger partial charge in [0.1, 0.15) is 0 Å². The van der Waals surface area contributed by atoms with E-state index in [2.05, 4.69) is 199 Å². The molecule has 0 unspecified atom stereocenters. The molecule has 0 aliphatic rings. The number of nitrogens with one attached hydrogen (secondary N) is 1. The van der Waals surface area contributed by atoms with Crippen LogP contribution in [0.25, 0.3) is 69.9 Å². The Morgan fingerprint density at radius 1 is 0.593 bits per heavy atom. The van der Waals surface area contributed by atoms with Crippen LogP contribution in [0.2, 0.25) is 0 Å². The molecule has 0 saturated carbocycles. The van der Waals surface area contributed by atoms with E-state index in [0.717, 1.165) is 33.6 Å². The van der Waals surface area contributed by atoms with Crippen molar-refractivity contribution in [2.24, 2.45) is 0 Å². The minimum atomic E-state index is 0.939. The average molecular weight is 715 g/mol. The summed E-state index contributed by atoms with van der Waals surface area (Å²) in [5.74, 6) is 0. The third kappa shape index (κ3) is 6.55. The van der Waals surface area contributed by atoms with Crippen LogP contribution in [0.4, 0.5) is 11.4 Å². The van der Waals surface area contributed by atoms with Gasteiger partial charge in [0.25, 0.3) is 0 Å². The predicted octanol–water partition coefficient (Wildman–Crippen LogP) is 15.3. The lowest BCUT2D eigenvalue weighted by Crippen LogP contribution is -1.95. The Kier molecular flexibility index (Phi) is 9.81. The first kappa shape index (κ1) is 34.7. The van der Waals surface area contributed by atoms with Crippen LogP contribution < -0.4 is 5.32 Å². The van der Waals surface area contributed by atoms with Crippen molar-refractivity contribution in [3.05, 3.63) is 200 Å². The Labute approximate surface area is 321 Å². The van der Waals surface area contributed by atoms with Crippen molar-refractivity contribution in [3.63, 3.8) is 0 Å². The number of benzene rings is 7. The summed E-state index contributed by atoms with van der Waals surface area (Å²) in [5, 5.41) is 8.78. The second kappa shape index (κ2) is 15.3. The van der Waals surface area contributed by atoms with Crippen LogP contribution in [0.5, 0.6) is 0 Å². The summed E-state index contributed by atoms with van der Waals surface area (Å²) in [6.07, 6.45) is 6.49. The normalized spacial score (nSPS) is 11.7. The molecule has 0 aliphatic heterocycles. The maximum atomic E-state index is 4.58. The highest BCUT2D eigenvalue weighted by molar-refractivity contribution is 7.25. The van der Waals surface area contributed by atoms with E-state index in [4.69, 9.17) is 0 Å². The lowest BCUT2D eigenvalue weighted by molar-refractivity contribution is 1.19. The van der Waals surface area contributed by atoms with Gasteiger partial charge in [-0.2, -0.15) is 0 Å². The fourth-order valence-corrected chi connectivity index (χ4v) is 8.53.